The van der Waals surface area contributed by atoms with Crippen molar-refractivity contribution in [3.8, 4) is 0 Å². The summed E-state index contributed by atoms with van der Waals surface area (Å²) < 4.78 is 0. The van der Waals surface area contributed by atoms with Gasteiger partial charge in [-0.15, -0.1) is 0 Å². The molecule has 0 saturated carbocycles. The molecule has 5 nitrogen and oxygen atoms in total. The summed E-state index contributed by atoms with van der Waals surface area (Å²) in [7, 11) is 0. The molecule has 0 aromatic carbocycles. The highest BCUT2D eigenvalue weighted by Gasteiger charge is 2.15. The Labute approximate surface area is 93.9 Å². The van der Waals surface area contributed by atoms with Crippen LogP contribution in [0.2, 0.25) is 0 Å². The summed E-state index contributed by atoms with van der Waals surface area (Å²) in [6.07, 6.45) is 4.31. The Bertz CT molecular complexity index is 346. The zero-order valence-electron chi connectivity index (χ0n) is 9.19. The van der Waals surface area contributed by atoms with Crippen molar-refractivity contribution in [1.82, 2.24) is 10.3 Å². The molecule has 3 N–H and O–H groups in total. The molecule has 1 amide bonds. The molecular formula is C11H16N2O3. The van der Waals surface area contributed by atoms with Gasteiger partial charge in [-0.25, -0.2) is 0 Å². The van der Waals surface area contributed by atoms with Gasteiger partial charge in [0.2, 0.25) is 5.91 Å². The van der Waals surface area contributed by atoms with Crippen LogP contribution in [0.15, 0.2) is 18.5 Å². The van der Waals surface area contributed by atoms with Gasteiger partial charge in [-0.2, -0.15) is 0 Å². The molecule has 0 bridgehead atoms. The van der Waals surface area contributed by atoms with E-state index in [0.717, 1.165) is 12.0 Å². The maximum atomic E-state index is 11.4. The van der Waals surface area contributed by atoms with Gasteiger partial charge in [0, 0.05) is 24.9 Å². The van der Waals surface area contributed by atoms with Crippen LogP contribution >= 0.6 is 0 Å². The number of amides is 1. The summed E-state index contributed by atoms with van der Waals surface area (Å²) in [5.74, 6) is -1.64. The summed E-state index contributed by atoms with van der Waals surface area (Å²) in [5.41, 5.74) is 1.12. The predicted molar refractivity (Wildman–Crippen MR) is 58.9 cm³/mol. The Hall–Kier alpha value is -1.78. The Balaban J connectivity index is 2.22. The molecule has 5 heteroatoms. The molecule has 0 radical (unpaired) electrons. The number of H-pyrrole nitrogens is 1. The number of carboxylic acid groups (broad SMARTS) is 1. The summed E-state index contributed by atoms with van der Waals surface area (Å²) in [6, 6.07) is 1.94. The average Bonchev–Trinajstić information content (AvgIpc) is 2.69. The fourth-order valence-electron chi connectivity index (χ4n) is 1.37. The van der Waals surface area contributed by atoms with E-state index in [1.807, 2.05) is 18.5 Å². The summed E-state index contributed by atoms with van der Waals surface area (Å²) >= 11 is 0. The van der Waals surface area contributed by atoms with Crippen LogP contribution < -0.4 is 5.32 Å². The van der Waals surface area contributed by atoms with Crippen LogP contribution in [0.4, 0.5) is 0 Å². The SMILES string of the molecule is CC(CC(=O)O)C(=O)NCCc1cc[nH]c1. The quantitative estimate of drug-likeness (QED) is 0.668. The van der Waals surface area contributed by atoms with E-state index >= 15 is 0 Å². The second-order valence-corrected chi connectivity index (χ2v) is 3.76. The van der Waals surface area contributed by atoms with Gasteiger partial charge in [0.25, 0.3) is 0 Å². The van der Waals surface area contributed by atoms with Gasteiger partial charge in [0.1, 0.15) is 0 Å². The second kappa shape index (κ2) is 5.95. The highest BCUT2D eigenvalue weighted by molar-refractivity contribution is 5.82. The zero-order valence-corrected chi connectivity index (χ0v) is 9.19. The largest absolute Gasteiger partial charge is 0.481 e. The number of hydrogen-bond donors (Lipinski definition) is 3. The van der Waals surface area contributed by atoms with Gasteiger partial charge in [0.15, 0.2) is 0 Å². The number of rotatable bonds is 6. The van der Waals surface area contributed by atoms with E-state index in [4.69, 9.17) is 5.11 Å². The van der Waals surface area contributed by atoms with Crippen LogP contribution in [0.1, 0.15) is 18.9 Å². The van der Waals surface area contributed by atoms with Gasteiger partial charge in [-0.3, -0.25) is 9.59 Å². The van der Waals surface area contributed by atoms with E-state index in [1.165, 1.54) is 0 Å². The topological polar surface area (TPSA) is 82.2 Å². The standard InChI is InChI=1S/C11H16N2O3/c1-8(6-10(14)15)11(16)13-5-3-9-2-4-12-7-9/h2,4,7-8,12H,3,5-6H2,1H3,(H,13,16)(H,14,15). The first-order valence-electron chi connectivity index (χ1n) is 5.20. The van der Waals surface area contributed by atoms with E-state index in [0.29, 0.717) is 6.54 Å². The van der Waals surface area contributed by atoms with Crippen molar-refractivity contribution in [1.29, 1.82) is 0 Å². The molecule has 1 atom stereocenters. The smallest absolute Gasteiger partial charge is 0.304 e. The lowest BCUT2D eigenvalue weighted by Crippen LogP contribution is -2.31. The number of aromatic amines is 1. The molecule has 0 fully saturated rings. The van der Waals surface area contributed by atoms with Gasteiger partial charge < -0.3 is 15.4 Å². The van der Waals surface area contributed by atoms with Crippen molar-refractivity contribution in [2.24, 2.45) is 5.92 Å². The number of carbonyl (C=O) groups is 2. The fraction of sp³-hybridized carbons (Fsp3) is 0.455. The highest BCUT2D eigenvalue weighted by atomic mass is 16.4. The summed E-state index contributed by atoms with van der Waals surface area (Å²) in [6.45, 7) is 2.14. The van der Waals surface area contributed by atoms with E-state index in [1.54, 1.807) is 6.92 Å². The monoisotopic (exact) mass is 224 g/mol. The number of nitrogens with one attached hydrogen (secondary N) is 2. The minimum Gasteiger partial charge on any atom is -0.481 e. The number of hydrogen-bond acceptors (Lipinski definition) is 2. The van der Waals surface area contributed by atoms with Gasteiger partial charge in [-0.05, 0) is 18.1 Å². The maximum Gasteiger partial charge on any atom is 0.304 e. The third-order valence-corrected chi connectivity index (χ3v) is 2.30. The van der Waals surface area contributed by atoms with Crippen LogP contribution in [0.3, 0.4) is 0 Å². The van der Waals surface area contributed by atoms with E-state index in [2.05, 4.69) is 10.3 Å². The highest BCUT2D eigenvalue weighted by Crippen LogP contribution is 2.02. The van der Waals surface area contributed by atoms with Crippen LogP contribution in [0, 0.1) is 5.92 Å². The van der Waals surface area contributed by atoms with Crippen molar-refractivity contribution in [2.75, 3.05) is 6.54 Å². The van der Waals surface area contributed by atoms with Crippen LogP contribution in [-0.2, 0) is 16.0 Å². The van der Waals surface area contributed by atoms with E-state index < -0.39 is 11.9 Å². The first-order chi connectivity index (χ1) is 7.59. The van der Waals surface area contributed by atoms with Crippen molar-refractivity contribution in [3.63, 3.8) is 0 Å². The van der Waals surface area contributed by atoms with Crippen molar-refractivity contribution in [2.45, 2.75) is 19.8 Å². The number of aromatic nitrogens is 1. The van der Waals surface area contributed by atoms with Crippen molar-refractivity contribution < 1.29 is 14.7 Å². The third-order valence-electron chi connectivity index (χ3n) is 2.30. The number of carbonyl (C=O) groups excluding carboxylic acids is 1. The molecule has 1 aromatic heterocycles. The maximum absolute atomic E-state index is 11.4. The number of aliphatic carboxylic acids is 1. The molecule has 1 rings (SSSR count). The van der Waals surface area contributed by atoms with Gasteiger partial charge >= 0.3 is 5.97 Å². The second-order valence-electron chi connectivity index (χ2n) is 3.76. The molecule has 0 aliphatic carbocycles. The first kappa shape index (κ1) is 12.3. The Kier molecular flexibility index (Phi) is 4.57. The molecule has 0 saturated heterocycles. The summed E-state index contributed by atoms with van der Waals surface area (Å²) in [4.78, 5) is 24.7. The fourth-order valence-corrected chi connectivity index (χ4v) is 1.37. The zero-order chi connectivity index (χ0) is 12.0. The molecule has 0 aliphatic heterocycles. The molecular weight excluding hydrogens is 208 g/mol. The van der Waals surface area contributed by atoms with Crippen molar-refractivity contribution in [3.05, 3.63) is 24.0 Å². The van der Waals surface area contributed by atoms with Crippen LogP contribution in [-0.4, -0.2) is 28.5 Å². The molecule has 88 valence electrons. The summed E-state index contributed by atoms with van der Waals surface area (Å²) in [5, 5.41) is 11.2. The third kappa shape index (κ3) is 4.16. The Morgan fingerprint density at radius 3 is 2.88 bits per heavy atom. The lowest BCUT2D eigenvalue weighted by Gasteiger charge is -2.09. The molecule has 0 spiro atoms. The van der Waals surface area contributed by atoms with Crippen molar-refractivity contribution >= 4 is 11.9 Å². The van der Waals surface area contributed by atoms with Gasteiger partial charge in [0.05, 0.1) is 6.42 Å². The average molecular weight is 224 g/mol. The van der Waals surface area contributed by atoms with E-state index in [-0.39, 0.29) is 12.3 Å². The minimum atomic E-state index is -0.951. The lowest BCUT2D eigenvalue weighted by molar-refractivity contribution is -0.140. The molecule has 1 aromatic rings. The molecule has 0 aliphatic rings. The molecule has 1 unspecified atom stereocenters. The number of carboxylic acids is 1. The Morgan fingerprint density at radius 2 is 2.31 bits per heavy atom. The van der Waals surface area contributed by atoms with E-state index in [9.17, 15) is 9.59 Å². The van der Waals surface area contributed by atoms with Crippen LogP contribution in [0.25, 0.3) is 0 Å². The lowest BCUT2D eigenvalue weighted by atomic mass is 10.1. The van der Waals surface area contributed by atoms with Crippen LogP contribution in [0.5, 0.6) is 0 Å². The predicted octanol–water partition coefficient (Wildman–Crippen LogP) is 0.784. The van der Waals surface area contributed by atoms with Gasteiger partial charge in [-0.1, -0.05) is 6.92 Å². The first-order valence-corrected chi connectivity index (χ1v) is 5.20. The molecule has 1 heterocycles. The Morgan fingerprint density at radius 1 is 1.56 bits per heavy atom. The minimum absolute atomic E-state index is 0.129. The normalized spacial score (nSPS) is 12.1. The molecule has 16 heavy (non-hydrogen) atoms.